The fourth-order valence-corrected chi connectivity index (χ4v) is 2.96. The molecule has 0 atom stereocenters. The number of halogens is 4. The quantitative estimate of drug-likeness (QED) is 0.378. The Morgan fingerprint density at radius 1 is 0.905 bits per heavy atom. The zero-order valence-electron chi connectivity index (χ0n) is 10.5. The largest absolute Gasteiger partial charge is 0.497 e. The molecule has 2 aromatic carbocycles. The van der Waals surface area contributed by atoms with Crippen molar-refractivity contribution in [2.75, 3.05) is 7.11 Å². The number of hydrogen-bond acceptors (Lipinski definition) is 3. The van der Waals surface area contributed by atoms with Crippen molar-refractivity contribution in [3.63, 3.8) is 0 Å². The van der Waals surface area contributed by atoms with Crippen LogP contribution in [0.25, 0.3) is 0 Å². The topological polar surface area (TPSA) is 43.4 Å². The molecule has 0 aliphatic rings. The summed E-state index contributed by atoms with van der Waals surface area (Å²) in [6.45, 7) is 0. The van der Waals surface area contributed by atoms with E-state index in [1.54, 1.807) is 0 Å². The first-order valence-corrected chi connectivity index (χ1v) is 6.99. The fourth-order valence-electron chi connectivity index (χ4n) is 1.63. The van der Waals surface area contributed by atoms with Crippen molar-refractivity contribution >= 4 is 9.84 Å². The van der Waals surface area contributed by atoms with Crippen molar-refractivity contribution in [1.82, 2.24) is 0 Å². The second kappa shape index (κ2) is 5.36. The van der Waals surface area contributed by atoms with Crippen LogP contribution in [0.2, 0.25) is 0 Å². The highest BCUT2D eigenvalue weighted by atomic mass is 32.2. The lowest BCUT2D eigenvalue weighted by molar-refractivity contribution is 0.396. The Morgan fingerprint density at radius 3 is 2.00 bits per heavy atom. The summed E-state index contributed by atoms with van der Waals surface area (Å²) in [4.78, 5) is -1.68. The van der Waals surface area contributed by atoms with Crippen LogP contribution in [-0.2, 0) is 9.84 Å². The first kappa shape index (κ1) is 15.3. The molecule has 21 heavy (non-hydrogen) atoms. The minimum absolute atomic E-state index is 0.104. The maximum absolute atomic E-state index is 13.6. The lowest BCUT2D eigenvalue weighted by Gasteiger charge is -2.08. The Bertz CT molecular complexity index is 786. The monoisotopic (exact) mass is 320 g/mol. The average molecular weight is 320 g/mol. The lowest BCUT2D eigenvalue weighted by Crippen LogP contribution is -2.09. The van der Waals surface area contributed by atoms with Gasteiger partial charge in [-0.15, -0.1) is 0 Å². The van der Waals surface area contributed by atoms with E-state index >= 15 is 0 Å². The molecule has 8 heteroatoms. The van der Waals surface area contributed by atoms with Crippen LogP contribution < -0.4 is 4.74 Å². The Morgan fingerprint density at radius 2 is 1.48 bits per heavy atom. The fraction of sp³-hybridized carbons (Fsp3) is 0.0769. The smallest absolute Gasteiger partial charge is 0.209 e. The highest BCUT2D eigenvalue weighted by Gasteiger charge is 2.28. The molecule has 2 rings (SSSR count). The van der Waals surface area contributed by atoms with Gasteiger partial charge in [-0.05, 0) is 30.3 Å². The van der Waals surface area contributed by atoms with E-state index in [-0.39, 0.29) is 6.07 Å². The molecular formula is C13H8F4O3S. The van der Waals surface area contributed by atoms with Crippen LogP contribution in [0, 0.1) is 23.3 Å². The Labute approximate surface area is 117 Å². The van der Waals surface area contributed by atoms with Gasteiger partial charge in [0.2, 0.25) is 9.84 Å². The van der Waals surface area contributed by atoms with Crippen LogP contribution in [0.4, 0.5) is 17.6 Å². The minimum atomic E-state index is -4.53. The molecule has 0 amide bonds. The van der Waals surface area contributed by atoms with Gasteiger partial charge >= 0.3 is 0 Å². The molecule has 2 aromatic rings. The number of ether oxygens (including phenoxy) is 1. The van der Waals surface area contributed by atoms with Gasteiger partial charge in [-0.2, -0.15) is 0 Å². The average Bonchev–Trinajstić information content (AvgIpc) is 2.48. The van der Waals surface area contributed by atoms with E-state index in [0.717, 1.165) is 12.1 Å². The lowest BCUT2D eigenvalue weighted by atomic mass is 10.3. The van der Waals surface area contributed by atoms with E-state index < -0.39 is 42.9 Å². The highest BCUT2D eigenvalue weighted by Crippen LogP contribution is 2.28. The van der Waals surface area contributed by atoms with Gasteiger partial charge in [-0.1, -0.05) is 0 Å². The molecule has 3 nitrogen and oxygen atoms in total. The molecule has 0 spiro atoms. The number of benzene rings is 2. The zero-order valence-corrected chi connectivity index (χ0v) is 11.3. The Kier molecular flexibility index (Phi) is 3.91. The molecular weight excluding hydrogens is 312 g/mol. The number of rotatable bonds is 3. The van der Waals surface area contributed by atoms with E-state index in [9.17, 15) is 26.0 Å². The normalized spacial score (nSPS) is 11.5. The molecule has 0 saturated heterocycles. The second-order valence-corrected chi connectivity index (χ2v) is 5.90. The summed E-state index contributed by atoms with van der Waals surface area (Å²) in [6.07, 6.45) is 0. The summed E-state index contributed by atoms with van der Waals surface area (Å²) in [7, 11) is -3.18. The third-order valence-electron chi connectivity index (χ3n) is 2.73. The number of hydrogen-bond donors (Lipinski definition) is 0. The van der Waals surface area contributed by atoms with Crippen molar-refractivity contribution in [2.24, 2.45) is 0 Å². The maximum atomic E-state index is 13.6. The standard InChI is InChI=1S/C13H8F4O3S/c1-20-7-2-4-8(5-3-7)21(18,19)10-6-9(14)11(15)13(17)12(10)16/h2-6H,1H3. The van der Waals surface area contributed by atoms with Gasteiger partial charge in [0, 0.05) is 0 Å². The molecule has 0 aliphatic heterocycles. The van der Waals surface area contributed by atoms with Crippen LogP contribution in [0.1, 0.15) is 0 Å². The molecule has 0 radical (unpaired) electrons. The van der Waals surface area contributed by atoms with Gasteiger partial charge < -0.3 is 4.74 Å². The predicted molar refractivity (Wildman–Crippen MR) is 64.7 cm³/mol. The van der Waals surface area contributed by atoms with Crippen molar-refractivity contribution in [2.45, 2.75) is 9.79 Å². The highest BCUT2D eigenvalue weighted by molar-refractivity contribution is 7.91. The first-order chi connectivity index (χ1) is 9.78. The molecule has 0 fully saturated rings. The number of methoxy groups -OCH3 is 1. The van der Waals surface area contributed by atoms with E-state index in [0.29, 0.717) is 5.75 Å². The summed E-state index contributed by atoms with van der Waals surface area (Å²) < 4.78 is 81.8. The molecule has 0 aromatic heterocycles. The zero-order chi connectivity index (χ0) is 15.8. The van der Waals surface area contributed by atoms with Crippen molar-refractivity contribution in [3.05, 3.63) is 53.6 Å². The SMILES string of the molecule is COc1ccc(S(=O)(=O)c2cc(F)c(F)c(F)c2F)cc1. The van der Waals surface area contributed by atoms with Crippen molar-refractivity contribution in [1.29, 1.82) is 0 Å². The summed E-state index contributed by atoms with van der Waals surface area (Å²) in [5.74, 6) is -7.67. The molecule has 0 unspecified atom stereocenters. The predicted octanol–water partition coefficient (Wildman–Crippen LogP) is 3.08. The van der Waals surface area contributed by atoms with E-state index in [2.05, 4.69) is 0 Å². The van der Waals surface area contributed by atoms with E-state index in [1.807, 2.05) is 0 Å². The molecule has 0 N–H and O–H groups in total. The van der Waals surface area contributed by atoms with Gasteiger partial charge in [-0.3, -0.25) is 0 Å². The van der Waals surface area contributed by atoms with Gasteiger partial charge in [0.05, 0.1) is 12.0 Å². The van der Waals surface area contributed by atoms with E-state index in [4.69, 9.17) is 4.74 Å². The van der Waals surface area contributed by atoms with Crippen LogP contribution in [0.5, 0.6) is 5.75 Å². The first-order valence-electron chi connectivity index (χ1n) is 5.51. The summed E-state index contributed by atoms with van der Waals surface area (Å²) in [6, 6.07) is 4.81. The summed E-state index contributed by atoms with van der Waals surface area (Å²) in [5, 5.41) is 0. The minimum Gasteiger partial charge on any atom is -0.497 e. The van der Waals surface area contributed by atoms with E-state index in [1.165, 1.54) is 19.2 Å². The Balaban J connectivity index is 2.64. The van der Waals surface area contributed by atoms with Crippen LogP contribution >= 0.6 is 0 Å². The molecule has 0 aliphatic carbocycles. The third kappa shape index (κ3) is 2.58. The van der Waals surface area contributed by atoms with Crippen molar-refractivity contribution < 1.29 is 30.7 Å². The summed E-state index contributed by atoms with van der Waals surface area (Å²) in [5.41, 5.74) is 0. The van der Waals surface area contributed by atoms with Crippen LogP contribution in [0.3, 0.4) is 0 Å². The van der Waals surface area contributed by atoms with Crippen molar-refractivity contribution in [3.8, 4) is 5.75 Å². The van der Waals surface area contributed by atoms with Gasteiger partial charge in [-0.25, -0.2) is 26.0 Å². The number of sulfone groups is 1. The third-order valence-corrected chi connectivity index (χ3v) is 4.50. The van der Waals surface area contributed by atoms with Gasteiger partial charge in [0.25, 0.3) is 0 Å². The van der Waals surface area contributed by atoms with Crippen LogP contribution in [-0.4, -0.2) is 15.5 Å². The molecule has 0 bridgehead atoms. The molecule has 0 heterocycles. The molecule has 112 valence electrons. The van der Waals surface area contributed by atoms with Gasteiger partial charge in [0.1, 0.15) is 10.6 Å². The molecule has 0 saturated carbocycles. The summed E-state index contributed by atoms with van der Waals surface area (Å²) >= 11 is 0. The maximum Gasteiger partial charge on any atom is 0.209 e. The van der Waals surface area contributed by atoms with Gasteiger partial charge in [0.15, 0.2) is 23.3 Å². The van der Waals surface area contributed by atoms with Crippen LogP contribution in [0.15, 0.2) is 40.1 Å². The second-order valence-electron chi connectivity index (χ2n) is 3.98. The Hall–Kier alpha value is -2.09.